The Morgan fingerprint density at radius 2 is 1.65 bits per heavy atom. The van der Waals surface area contributed by atoms with E-state index in [-0.39, 0.29) is 48.7 Å². The zero-order valence-corrected chi connectivity index (χ0v) is 22.8. The summed E-state index contributed by atoms with van der Waals surface area (Å²) < 4.78 is 13.1. The molecule has 0 aromatic heterocycles. The van der Waals surface area contributed by atoms with Gasteiger partial charge in [0.25, 0.3) is 5.91 Å². The second-order valence-electron chi connectivity index (χ2n) is 9.17. The van der Waals surface area contributed by atoms with Crippen molar-refractivity contribution in [3.8, 4) is 0 Å². The monoisotopic (exact) mass is 577 g/mol. The number of rotatable bonds is 9. The molecule has 2 aliphatic heterocycles. The first kappa shape index (κ1) is 27.5. The fourth-order valence-corrected chi connectivity index (χ4v) is 5.43. The van der Waals surface area contributed by atoms with E-state index in [1.165, 1.54) is 23.9 Å². The molecule has 1 unspecified atom stereocenters. The van der Waals surface area contributed by atoms with E-state index in [1.807, 2.05) is 42.5 Å². The summed E-state index contributed by atoms with van der Waals surface area (Å²) in [4.78, 5) is 49.0. The summed E-state index contributed by atoms with van der Waals surface area (Å²) in [5.74, 6) is -0.642. The maximum absolute atomic E-state index is 13.1. The molecule has 3 amide bonds. The van der Waals surface area contributed by atoms with Crippen LogP contribution >= 0.6 is 23.4 Å². The number of aliphatic imine (C=N–C) groups is 2. The first-order valence-corrected chi connectivity index (χ1v) is 14.0. The molecule has 0 saturated carbocycles. The van der Waals surface area contributed by atoms with Gasteiger partial charge in [0.15, 0.2) is 5.17 Å². The number of para-hydroxylation sites is 1. The highest BCUT2D eigenvalue weighted by atomic mass is 35.5. The Hall–Kier alpha value is -4.02. The summed E-state index contributed by atoms with van der Waals surface area (Å²) in [7, 11) is 0. The van der Waals surface area contributed by atoms with Crippen LogP contribution in [0.1, 0.15) is 29.5 Å². The van der Waals surface area contributed by atoms with Crippen LogP contribution in [-0.4, -0.2) is 45.4 Å². The number of carbonyl (C=O) groups is 3. The summed E-state index contributed by atoms with van der Waals surface area (Å²) in [5, 5.41) is 6.70. The number of amidine groups is 2. The molecule has 2 N–H and O–H groups in total. The largest absolute Gasteiger partial charge is 0.352 e. The summed E-state index contributed by atoms with van der Waals surface area (Å²) in [6, 6.07) is 19.8. The van der Waals surface area contributed by atoms with Gasteiger partial charge in [0.2, 0.25) is 11.8 Å². The molecule has 0 fully saturated rings. The lowest BCUT2D eigenvalue weighted by molar-refractivity contribution is -0.122. The molecule has 204 valence electrons. The second kappa shape index (κ2) is 12.4. The summed E-state index contributed by atoms with van der Waals surface area (Å²) in [6.07, 6.45) is 0.288. The lowest BCUT2D eigenvalue weighted by atomic mass is 10.1. The minimum Gasteiger partial charge on any atom is -0.352 e. The number of carbonyl (C=O) groups excluding carboxylic acids is 3. The molecule has 0 aliphatic carbocycles. The van der Waals surface area contributed by atoms with Crippen LogP contribution in [0, 0.1) is 5.82 Å². The zero-order chi connectivity index (χ0) is 28.1. The van der Waals surface area contributed by atoms with Crippen LogP contribution in [0.15, 0.2) is 82.8 Å². The molecule has 0 radical (unpaired) electrons. The smallest absolute Gasteiger partial charge is 0.270 e. The van der Waals surface area contributed by atoms with E-state index in [9.17, 15) is 18.8 Å². The highest BCUT2D eigenvalue weighted by Gasteiger charge is 2.41. The van der Waals surface area contributed by atoms with Gasteiger partial charge in [-0.2, -0.15) is 4.99 Å². The fraction of sp³-hybridized carbons (Fsp3) is 0.207. The maximum Gasteiger partial charge on any atom is 0.270 e. The van der Waals surface area contributed by atoms with E-state index in [4.69, 9.17) is 16.6 Å². The van der Waals surface area contributed by atoms with E-state index < -0.39 is 6.04 Å². The maximum atomic E-state index is 13.1. The van der Waals surface area contributed by atoms with Crippen LogP contribution in [0.2, 0.25) is 5.02 Å². The van der Waals surface area contributed by atoms with Crippen LogP contribution in [0.3, 0.4) is 0 Å². The van der Waals surface area contributed by atoms with Gasteiger partial charge in [-0.25, -0.2) is 9.38 Å². The van der Waals surface area contributed by atoms with Crippen molar-refractivity contribution in [2.75, 3.05) is 5.75 Å². The Kier molecular flexibility index (Phi) is 8.57. The Morgan fingerprint density at radius 3 is 2.45 bits per heavy atom. The number of amides is 3. The average Bonchev–Trinajstić information content (AvgIpc) is 3.30. The highest BCUT2D eigenvalue weighted by molar-refractivity contribution is 8.14. The van der Waals surface area contributed by atoms with Gasteiger partial charge in [0.1, 0.15) is 17.7 Å². The molecule has 2 aliphatic rings. The van der Waals surface area contributed by atoms with E-state index in [1.54, 1.807) is 23.1 Å². The normalized spacial score (nSPS) is 15.6. The van der Waals surface area contributed by atoms with Crippen molar-refractivity contribution in [1.29, 1.82) is 0 Å². The fourth-order valence-electron chi connectivity index (χ4n) is 4.35. The van der Waals surface area contributed by atoms with Crippen LogP contribution in [0.4, 0.5) is 10.1 Å². The molecule has 3 aromatic carbocycles. The molecule has 1 atom stereocenters. The molecular formula is C29H25ClFN5O3S. The van der Waals surface area contributed by atoms with Gasteiger partial charge in [0.05, 0.1) is 11.4 Å². The van der Waals surface area contributed by atoms with Gasteiger partial charge in [0, 0.05) is 30.1 Å². The van der Waals surface area contributed by atoms with Gasteiger partial charge in [-0.15, -0.1) is 0 Å². The van der Waals surface area contributed by atoms with Crippen molar-refractivity contribution in [2.45, 2.75) is 32.0 Å². The molecule has 3 aromatic rings. The van der Waals surface area contributed by atoms with Gasteiger partial charge in [-0.05, 0) is 47.9 Å². The number of hydrogen-bond donors (Lipinski definition) is 2. The number of fused-ring (bicyclic) bond motifs is 3. The number of nitrogens with zero attached hydrogens (tertiary/aromatic N) is 3. The van der Waals surface area contributed by atoms with Crippen molar-refractivity contribution < 1.29 is 18.8 Å². The summed E-state index contributed by atoms with van der Waals surface area (Å²) >= 11 is 7.38. The summed E-state index contributed by atoms with van der Waals surface area (Å²) in [6.45, 7) is 0.543. The van der Waals surface area contributed by atoms with Gasteiger partial charge in [-0.1, -0.05) is 65.8 Å². The SMILES string of the molecule is O=C(CCC1C(=O)N=C2c3ccccc3N=C(SCC(=O)NCc3ccccc3Cl)N21)NCc1ccc(F)cc1. The van der Waals surface area contributed by atoms with Gasteiger partial charge >= 0.3 is 0 Å². The molecule has 40 heavy (non-hydrogen) atoms. The topological polar surface area (TPSA) is 103 Å². The Bertz CT molecular complexity index is 1510. The molecule has 11 heteroatoms. The lowest BCUT2D eigenvalue weighted by Gasteiger charge is -2.31. The predicted molar refractivity (Wildman–Crippen MR) is 154 cm³/mol. The molecule has 0 saturated heterocycles. The molecule has 0 bridgehead atoms. The Labute approximate surface area is 239 Å². The van der Waals surface area contributed by atoms with Crippen molar-refractivity contribution in [1.82, 2.24) is 15.5 Å². The Morgan fingerprint density at radius 1 is 0.925 bits per heavy atom. The first-order valence-electron chi connectivity index (χ1n) is 12.6. The van der Waals surface area contributed by atoms with E-state index in [0.717, 1.165) is 11.1 Å². The molecule has 5 rings (SSSR count). The lowest BCUT2D eigenvalue weighted by Crippen LogP contribution is -2.44. The number of nitrogens with one attached hydrogen (secondary N) is 2. The minimum atomic E-state index is -0.725. The number of halogens is 2. The zero-order valence-electron chi connectivity index (χ0n) is 21.3. The number of benzene rings is 3. The molecular weight excluding hydrogens is 553 g/mol. The van der Waals surface area contributed by atoms with Crippen LogP contribution in [0.25, 0.3) is 0 Å². The first-order chi connectivity index (χ1) is 19.4. The minimum absolute atomic E-state index is 0.0638. The van der Waals surface area contributed by atoms with E-state index >= 15 is 0 Å². The van der Waals surface area contributed by atoms with Crippen molar-refractivity contribution >= 4 is 57.8 Å². The van der Waals surface area contributed by atoms with Crippen molar-refractivity contribution in [3.05, 3.63) is 100 Å². The average molecular weight is 578 g/mol. The molecule has 2 heterocycles. The molecule has 0 spiro atoms. The third-order valence-corrected chi connectivity index (χ3v) is 7.74. The predicted octanol–water partition coefficient (Wildman–Crippen LogP) is 4.58. The third-order valence-electron chi connectivity index (χ3n) is 6.42. The summed E-state index contributed by atoms with van der Waals surface area (Å²) in [5.41, 5.74) is 2.95. The highest BCUT2D eigenvalue weighted by Crippen LogP contribution is 2.35. The second-order valence-corrected chi connectivity index (χ2v) is 10.5. The van der Waals surface area contributed by atoms with Gasteiger partial charge in [-0.3, -0.25) is 19.3 Å². The van der Waals surface area contributed by atoms with E-state index in [2.05, 4.69) is 15.6 Å². The Balaban J connectivity index is 1.24. The quantitative estimate of drug-likeness (QED) is 0.387. The van der Waals surface area contributed by atoms with E-state index in [0.29, 0.717) is 33.8 Å². The van der Waals surface area contributed by atoms with Crippen molar-refractivity contribution in [2.24, 2.45) is 9.98 Å². The van der Waals surface area contributed by atoms with Crippen molar-refractivity contribution in [3.63, 3.8) is 0 Å². The number of hydrogen-bond acceptors (Lipinski definition) is 6. The molecule has 8 nitrogen and oxygen atoms in total. The van der Waals surface area contributed by atoms with Crippen LogP contribution < -0.4 is 10.6 Å². The number of thioether (sulfide) groups is 1. The standard InChI is InChI=1S/C29H25ClFN5O3S/c30-22-7-3-1-5-19(22)16-33-26(38)17-40-29-34-23-8-4-2-6-21(23)27-35-28(39)24(36(27)29)13-14-25(37)32-15-18-9-11-20(31)12-10-18/h1-12,24H,13-17H2,(H,32,37)(H,33,38). The van der Waals surface area contributed by atoms with Crippen LogP contribution in [-0.2, 0) is 27.5 Å². The van der Waals surface area contributed by atoms with Crippen LogP contribution in [0.5, 0.6) is 0 Å². The van der Waals surface area contributed by atoms with Gasteiger partial charge < -0.3 is 10.6 Å². The third kappa shape index (κ3) is 6.40.